The van der Waals surface area contributed by atoms with Crippen molar-refractivity contribution in [1.29, 1.82) is 0 Å². The van der Waals surface area contributed by atoms with Crippen LogP contribution in [0.2, 0.25) is 10.0 Å². The molecule has 1 fully saturated rings. The molecule has 1 heterocycles. The number of halogens is 2. The van der Waals surface area contributed by atoms with Gasteiger partial charge in [-0.1, -0.05) is 42.5 Å². The van der Waals surface area contributed by atoms with E-state index in [1.54, 1.807) is 23.5 Å². The minimum Gasteiger partial charge on any atom is -0.324 e. The van der Waals surface area contributed by atoms with Gasteiger partial charge in [-0.25, -0.2) is 0 Å². The molecule has 2 aromatic rings. The summed E-state index contributed by atoms with van der Waals surface area (Å²) in [5.41, 5.74) is 2.36. The number of aryl methyl sites for hydroxylation is 1. The molecule has 4 nitrogen and oxygen atoms in total. The molecule has 3 rings (SSSR count). The first-order valence-corrected chi connectivity index (χ1v) is 10.5. The van der Waals surface area contributed by atoms with Gasteiger partial charge in [0, 0.05) is 23.1 Å². The van der Waals surface area contributed by atoms with Crippen molar-refractivity contribution in [2.24, 2.45) is 12.0 Å². The van der Waals surface area contributed by atoms with Crippen LogP contribution in [-0.4, -0.2) is 16.5 Å². The van der Waals surface area contributed by atoms with Crippen molar-refractivity contribution in [2.75, 3.05) is 5.32 Å². The summed E-state index contributed by atoms with van der Waals surface area (Å²) in [5.74, 6) is -0.121. The van der Waals surface area contributed by atoms with Gasteiger partial charge in [0.1, 0.15) is 0 Å². The fourth-order valence-corrected chi connectivity index (χ4v) is 4.54. The standard InChI is InChI=1S/C19H23Cl2N3OS/c1-12-8-16(21)17(10-15(12)20)23-18(25)9-14-11-26-19(24(14)2)22-13-6-4-3-5-7-13/h8,10-11,13H,3-7,9H2,1-2H3,(H,23,25). The molecule has 0 aliphatic heterocycles. The number of nitrogens with one attached hydrogen (secondary N) is 1. The van der Waals surface area contributed by atoms with E-state index < -0.39 is 0 Å². The number of aromatic nitrogens is 1. The predicted octanol–water partition coefficient (Wildman–Crippen LogP) is 5.12. The Labute approximate surface area is 167 Å². The van der Waals surface area contributed by atoms with E-state index in [0.29, 0.717) is 21.8 Å². The van der Waals surface area contributed by atoms with E-state index in [2.05, 4.69) is 5.32 Å². The number of anilines is 1. The second kappa shape index (κ2) is 8.59. The van der Waals surface area contributed by atoms with Gasteiger partial charge in [0.2, 0.25) is 5.91 Å². The van der Waals surface area contributed by atoms with Gasteiger partial charge in [0.25, 0.3) is 0 Å². The van der Waals surface area contributed by atoms with Crippen molar-refractivity contribution in [1.82, 2.24) is 4.57 Å². The molecule has 1 saturated carbocycles. The van der Waals surface area contributed by atoms with Crippen LogP contribution in [0, 0.1) is 6.92 Å². The lowest BCUT2D eigenvalue weighted by Crippen LogP contribution is -2.22. The van der Waals surface area contributed by atoms with Crippen LogP contribution < -0.4 is 10.1 Å². The highest BCUT2D eigenvalue weighted by Gasteiger charge is 2.14. The topological polar surface area (TPSA) is 46.4 Å². The number of amides is 1. The summed E-state index contributed by atoms with van der Waals surface area (Å²) in [7, 11) is 1.97. The number of rotatable bonds is 4. The Morgan fingerprint density at radius 3 is 2.73 bits per heavy atom. The maximum Gasteiger partial charge on any atom is 0.230 e. The van der Waals surface area contributed by atoms with Crippen LogP contribution in [0.3, 0.4) is 0 Å². The minimum absolute atomic E-state index is 0.121. The van der Waals surface area contributed by atoms with Crippen molar-refractivity contribution in [2.45, 2.75) is 51.5 Å². The summed E-state index contributed by atoms with van der Waals surface area (Å²) in [4.78, 5) is 18.3. The molecule has 26 heavy (non-hydrogen) atoms. The van der Waals surface area contributed by atoms with Crippen molar-refractivity contribution in [3.8, 4) is 0 Å². The smallest absolute Gasteiger partial charge is 0.230 e. The van der Waals surface area contributed by atoms with Crippen LogP contribution in [0.25, 0.3) is 0 Å². The molecule has 1 aliphatic rings. The van der Waals surface area contributed by atoms with Crippen LogP contribution in [0.5, 0.6) is 0 Å². The molecular weight excluding hydrogens is 389 g/mol. The third-order valence-corrected chi connectivity index (χ3v) is 6.45. The second-order valence-electron chi connectivity index (χ2n) is 6.80. The lowest BCUT2D eigenvalue weighted by molar-refractivity contribution is -0.115. The van der Waals surface area contributed by atoms with Crippen molar-refractivity contribution < 1.29 is 4.79 Å². The van der Waals surface area contributed by atoms with E-state index in [0.717, 1.165) is 16.1 Å². The highest BCUT2D eigenvalue weighted by molar-refractivity contribution is 7.07. The molecule has 1 aromatic carbocycles. The zero-order valence-corrected chi connectivity index (χ0v) is 17.3. The molecule has 0 radical (unpaired) electrons. The van der Waals surface area contributed by atoms with Crippen molar-refractivity contribution >= 4 is 46.1 Å². The average Bonchev–Trinajstić information content (AvgIpc) is 2.94. The lowest BCUT2D eigenvalue weighted by atomic mass is 9.96. The molecule has 140 valence electrons. The zero-order valence-electron chi connectivity index (χ0n) is 15.0. The van der Waals surface area contributed by atoms with Crippen LogP contribution in [0.1, 0.15) is 43.4 Å². The van der Waals surface area contributed by atoms with Gasteiger partial charge in [-0.2, -0.15) is 0 Å². The number of benzene rings is 1. The van der Waals surface area contributed by atoms with E-state index in [4.69, 9.17) is 28.2 Å². The molecule has 1 N–H and O–H groups in total. The molecule has 0 bridgehead atoms. The first-order chi connectivity index (χ1) is 12.4. The number of thiazole rings is 1. The van der Waals surface area contributed by atoms with Gasteiger partial charge in [-0.3, -0.25) is 9.79 Å². The Morgan fingerprint density at radius 2 is 2.00 bits per heavy atom. The van der Waals surface area contributed by atoms with Crippen LogP contribution in [0.15, 0.2) is 22.5 Å². The summed E-state index contributed by atoms with van der Waals surface area (Å²) in [6.07, 6.45) is 6.45. The maximum absolute atomic E-state index is 12.4. The predicted molar refractivity (Wildman–Crippen MR) is 109 cm³/mol. The molecule has 0 saturated heterocycles. The van der Waals surface area contributed by atoms with Gasteiger partial charge in [-0.15, -0.1) is 11.3 Å². The summed E-state index contributed by atoms with van der Waals surface area (Å²) in [6.45, 7) is 1.88. The van der Waals surface area contributed by atoms with Crippen molar-refractivity contribution in [3.05, 3.63) is 43.6 Å². The molecule has 0 spiro atoms. The monoisotopic (exact) mass is 411 g/mol. The Morgan fingerprint density at radius 1 is 1.27 bits per heavy atom. The highest BCUT2D eigenvalue weighted by Crippen LogP contribution is 2.29. The van der Waals surface area contributed by atoms with Gasteiger partial charge in [0.05, 0.1) is 23.2 Å². The van der Waals surface area contributed by atoms with Crippen LogP contribution >= 0.6 is 34.5 Å². The Balaban J connectivity index is 1.70. The summed E-state index contributed by atoms with van der Waals surface area (Å²) in [5, 5.41) is 5.93. The summed E-state index contributed by atoms with van der Waals surface area (Å²) >= 11 is 13.9. The fraction of sp³-hybridized carbons (Fsp3) is 0.474. The Hall–Kier alpha value is -1.30. The minimum atomic E-state index is -0.121. The fourth-order valence-electron chi connectivity index (χ4n) is 3.15. The molecular formula is C19H23Cl2N3OS. The van der Waals surface area contributed by atoms with E-state index in [1.807, 2.05) is 23.9 Å². The summed E-state index contributed by atoms with van der Waals surface area (Å²) < 4.78 is 2.02. The quantitative estimate of drug-likeness (QED) is 0.745. The zero-order chi connectivity index (χ0) is 18.7. The molecule has 1 amide bonds. The third-order valence-electron chi connectivity index (χ3n) is 4.75. The molecule has 1 aromatic heterocycles. The van der Waals surface area contributed by atoms with E-state index >= 15 is 0 Å². The number of nitrogens with zero attached hydrogens (tertiary/aromatic N) is 2. The number of carbonyl (C=O) groups is 1. The van der Waals surface area contributed by atoms with Crippen LogP contribution in [0.4, 0.5) is 5.69 Å². The largest absolute Gasteiger partial charge is 0.324 e. The molecule has 0 atom stereocenters. The SMILES string of the molecule is Cc1cc(Cl)c(NC(=O)Cc2csc(=NC3CCCCC3)n2C)cc1Cl. The average molecular weight is 412 g/mol. The number of carbonyl (C=O) groups excluding carboxylic acids is 1. The third kappa shape index (κ3) is 4.70. The molecule has 1 aliphatic carbocycles. The Bertz CT molecular complexity index is 866. The summed E-state index contributed by atoms with van der Waals surface area (Å²) in [6, 6.07) is 3.86. The normalized spacial score (nSPS) is 16.1. The van der Waals surface area contributed by atoms with E-state index in [-0.39, 0.29) is 12.3 Å². The molecule has 7 heteroatoms. The lowest BCUT2D eigenvalue weighted by Gasteiger charge is -2.16. The van der Waals surface area contributed by atoms with Gasteiger partial charge in [0.15, 0.2) is 4.80 Å². The van der Waals surface area contributed by atoms with E-state index in [1.165, 1.54) is 32.1 Å². The van der Waals surface area contributed by atoms with Gasteiger partial charge < -0.3 is 9.88 Å². The van der Waals surface area contributed by atoms with Gasteiger partial charge in [-0.05, 0) is 37.5 Å². The van der Waals surface area contributed by atoms with Crippen LogP contribution in [-0.2, 0) is 18.3 Å². The first kappa shape index (κ1) is 19.5. The number of hydrogen-bond acceptors (Lipinski definition) is 3. The van der Waals surface area contributed by atoms with E-state index in [9.17, 15) is 4.79 Å². The van der Waals surface area contributed by atoms with Gasteiger partial charge >= 0.3 is 0 Å². The highest BCUT2D eigenvalue weighted by atomic mass is 35.5. The first-order valence-electron chi connectivity index (χ1n) is 8.87. The molecule has 0 unspecified atom stereocenters. The Kier molecular flexibility index (Phi) is 6.43. The number of hydrogen-bond donors (Lipinski definition) is 1. The second-order valence-corrected chi connectivity index (χ2v) is 8.45. The van der Waals surface area contributed by atoms with Crippen molar-refractivity contribution in [3.63, 3.8) is 0 Å². The maximum atomic E-state index is 12.4.